The molecule has 0 aliphatic carbocycles. The summed E-state index contributed by atoms with van der Waals surface area (Å²) in [6.45, 7) is 2.45. The highest BCUT2D eigenvalue weighted by atomic mass is 16.2. The van der Waals surface area contributed by atoms with Gasteiger partial charge in [0.2, 0.25) is 0 Å². The summed E-state index contributed by atoms with van der Waals surface area (Å²) in [5.74, 6) is 0.604. The van der Waals surface area contributed by atoms with E-state index in [9.17, 15) is 9.59 Å². The van der Waals surface area contributed by atoms with Gasteiger partial charge in [0.1, 0.15) is 0 Å². The number of hydrogen-bond donors (Lipinski definition) is 2. The zero-order chi connectivity index (χ0) is 17.6. The van der Waals surface area contributed by atoms with Crippen molar-refractivity contribution in [3.05, 3.63) is 48.3 Å². The van der Waals surface area contributed by atoms with E-state index in [0.29, 0.717) is 17.2 Å². The van der Waals surface area contributed by atoms with Crippen molar-refractivity contribution in [2.24, 2.45) is 5.92 Å². The van der Waals surface area contributed by atoms with Gasteiger partial charge in [0.15, 0.2) is 0 Å². The third-order valence-electron chi connectivity index (χ3n) is 4.52. The third-order valence-corrected chi connectivity index (χ3v) is 4.52. The van der Waals surface area contributed by atoms with Gasteiger partial charge in [0.25, 0.3) is 5.91 Å². The summed E-state index contributed by atoms with van der Waals surface area (Å²) in [5.41, 5.74) is 1.31. The maximum Gasteiger partial charge on any atom is 0.318 e. The van der Waals surface area contributed by atoms with E-state index in [1.165, 1.54) is 0 Å². The number of nitrogens with zero attached hydrogens (tertiary/aromatic N) is 3. The minimum Gasteiger partial charge on any atom is -0.341 e. The molecule has 7 nitrogen and oxygen atoms in total. The molecule has 1 aliphatic heterocycles. The van der Waals surface area contributed by atoms with Crippen molar-refractivity contribution in [1.82, 2.24) is 20.0 Å². The van der Waals surface area contributed by atoms with E-state index in [0.717, 1.165) is 32.5 Å². The molecule has 2 heterocycles. The second kappa shape index (κ2) is 7.83. The van der Waals surface area contributed by atoms with Crippen molar-refractivity contribution < 1.29 is 9.59 Å². The number of hydrogen-bond acceptors (Lipinski definition) is 3. The SMILES string of the molecule is CNC(=O)Nc1ccc(C(=O)N2CCC(Cn3cccn3)CC2)cc1. The first-order valence-electron chi connectivity index (χ1n) is 8.51. The van der Waals surface area contributed by atoms with Crippen molar-refractivity contribution in [3.8, 4) is 0 Å². The molecule has 0 radical (unpaired) electrons. The van der Waals surface area contributed by atoms with E-state index < -0.39 is 0 Å². The molecule has 0 bridgehead atoms. The first-order valence-corrected chi connectivity index (χ1v) is 8.51. The van der Waals surface area contributed by atoms with Gasteiger partial charge in [-0.25, -0.2) is 4.79 Å². The van der Waals surface area contributed by atoms with Crippen LogP contribution in [0.5, 0.6) is 0 Å². The van der Waals surface area contributed by atoms with Crippen LogP contribution in [0, 0.1) is 5.92 Å². The van der Waals surface area contributed by atoms with Gasteiger partial charge in [0, 0.05) is 50.3 Å². The summed E-state index contributed by atoms with van der Waals surface area (Å²) in [7, 11) is 1.56. The number of piperidine rings is 1. The maximum atomic E-state index is 12.6. The zero-order valence-electron chi connectivity index (χ0n) is 14.3. The van der Waals surface area contributed by atoms with Crippen molar-refractivity contribution >= 4 is 17.6 Å². The van der Waals surface area contributed by atoms with Gasteiger partial charge >= 0.3 is 6.03 Å². The fraction of sp³-hybridized carbons (Fsp3) is 0.389. The second-order valence-corrected chi connectivity index (χ2v) is 6.25. The minimum atomic E-state index is -0.279. The molecule has 2 aromatic rings. The van der Waals surface area contributed by atoms with Crippen LogP contribution in [0.15, 0.2) is 42.7 Å². The molecular formula is C18H23N5O2. The standard InChI is InChI=1S/C18H23N5O2/c1-19-18(25)21-16-5-3-15(4-6-16)17(24)22-11-7-14(8-12-22)13-23-10-2-9-20-23/h2-6,9-10,14H,7-8,11-13H2,1H3,(H2,19,21,25). The van der Waals surface area contributed by atoms with E-state index in [1.54, 1.807) is 37.5 Å². The lowest BCUT2D eigenvalue weighted by molar-refractivity contribution is 0.0681. The lowest BCUT2D eigenvalue weighted by atomic mass is 9.96. The lowest BCUT2D eigenvalue weighted by Gasteiger charge is -2.32. The van der Waals surface area contributed by atoms with E-state index >= 15 is 0 Å². The fourth-order valence-corrected chi connectivity index (χ4v) is 3.06. The summed E-state index contributed by atoms with van der Waals surface area (Å²) in [6.07, 6.45) is 5.75. The number of carbonyl (C=O) groups is 2. The molecule has 0 unspecified atom stereocenters. The zero-order valence-corrected chi connectivity index (χ0v) is 14.3. The normalized spacial score (nSPS) is 15.0. The van der Waals surface area contributed by atoms with Crippen LogP contribution in [-0.2, 0) is 6.54 Å². The smallest absolute Gasteiger partial charge is 0.318 e. The molecule has 2 N–H and O–H groups in total. The van der Waals surface area contributed by atoms with Crippen LogP contribution in [0.2, 0.25) is 0 Å². The molecule has 3 rings (SSSR count). The van der Waals surface area contributed by atoms with Crippen molar-refractivity contribution in [1.29, 1.82) is 0 Å². The predicted octanol–water partition coefficient (Wildman–Crippen LogP) is 2.19. The van der Waals surface area contributed by atoms with Gasteiger partial charge in [-0.2, -0.15) is 5.10 Å². The molecule has 25 heavy (non-hydrogen) atoms. The number of nitrogens with one attached hydrogen (secondary N) is 2. The molecule has 0 spiro atoms. The van der Waals surface area contributed by atoms with Gasteiger partial charge in [-0.05, 0) is 49.1 Å². The monoisotopic (exact) mass is 341 g/mol. The van der Waals surface area contributed by atoms with Gasteiger partial charge < -0.3 is 15.5 Å². The molecule has 1 fully saturated rings. The third kappa shape index (κ3) is 4.37. The molecular weight excluding hydrogens is 318 g/mol. The van der Waals surface area contributed by atoms with Crippen LogP contribution in [0.25, 0.3) is 0 Å². The maximum absolute atomic E-state index is 12.6. The Bertz CT molecular complexity index is 704. The van der Waals surface area contributed by atoms with Crippen LogP contribution < -0.4 is 10.6 Å². The van der Waals surface area contributed by atoms with Gasteiger partial charge in [-0.3, -0.25) is 9.48 Å². The molecule has 3 amide bonds. The van der Waals surface area contributed by atoms with E-state index in [2.05, 4.69) is 15.7 Å². The molecule has 7 heteroatoms. The molecule has 1 saturated heterocycles. The van der Waals surface area contributed by atoms with Crippen molar-refractivity contribution in [3.63, 3.8) is 0 Å². The number of amides is 3. The number of aromatic nitrogens is 2. The fourth-order valence-electron chi connectivity index (χ4n) is 3.06. The molecule has 1 aromatic heterocycles. The van der Waals surface area contributed by atoms with Crippen LogP contribution in [-0.4, -0.2) is 46.8 Å². The predicted molar refractivity (Wildman–Crippen MR) is 95.4 cm³/mol. The Hall–Kier alpha value is -2.83. The first kappa shape index (κ1) is 17.0. The average molecular weight is 341 g/mol. The van der Waals surface area contributed by atoms with Crippen molar-refractivity contribution in [2.75, 3.05) is 25.5 Å². The summed E-state index contributed by atoms with van der Waals surface area (Å²) in [5, 5.41) is 9.42. The molecule has 1 aromatic carbocycles. The Morgan fingerprint density at radius 2 is 1.92 bits per heavy atom. The first-order chi connectivity index (χ1) is 12.2. The summed E-state index contributed by atoms with van der Waals surface area (Å²) in [6, 6.07) is 8.65. The number of benzene rings is 1. The number of rotatable bonds is 4. The number of anilines is 1. The molecule has 132 valence electrons. The lowest BCUT2D eigenvalue weighted by Crippen LogP contribution is -2.39. The van der Waals surface area contributed by atoms with Crippen molar-refractivity contribution in [2.45, 2.75) is 19.4 Å². The van der Waals surface area contributed by atoms with Crippen LogP contribution in [0.1, 0.15) is 23.2 Å². The van der Waals surface area contributed by atoms with Gasteiger partial charge in [-0.1, -0.05) is 0 Å². The van der Waals surface area contributed by atoms with Crippen LogP contribution in [0.3, 0.4) is 0 Å². The largest absolute Gasteiger partial charge is 0.341 e. The summed E-state index contributed by atoms with van der Waals surface area (Å²) in [4.78, 5) is 25.8. The Kier molecular flexibility index (Phi) is 5.33. The highest BCUT2D eigenvalue weighted by Crippen LogP contribution is 2.21. The molecule has 0 saturated carbocycles. The Balaban J connectivity index is 1.52. The summed E-state index contributed by atoms with van der Waals surface area (Å²) >= 11 is 0. The molecule has 0 atom stereocenters. The molecule has 1 aliphatic rings. The van der Waals surface area contributed by atoms with E-state index in [1.807, 2.05) is 21.8 Å². The van der Waals surface area contributed by atoms with Gasteiger partial charge in [0.05, 0.1) is 0 Å². The number of carbonyl (C=O) groups excluding carboxylic acids is 2. The Morgan fingerprint density at radius 3 is 2.52 bits per heavy atom. The summed E-state index contributed by atoms with van der Waals surface area (Å²) < 4.78 is 1.96. The topological polar surface area (TPSA) is 79.3 Å². The van der Waals surface area contributed by atoms with E-state index in [4.69, 9.17) is 0 Å². The number of likely N-dealkylation sites (tertiary alicyclic amines) is 1. The second-order valence-electron chi connectivity index (χ2n) is 6.25. The van der Waals surface area contributed by atoms with E-state index in [-0.39, 0.29) is 11.9 Å². The average Bonchev–Trinajstić information content (AvgIpc) is 3.15. The Labute approximate surface area is 147 Å². The van der Waals surface area contributed by atoms with Crippen LogP contribution in [0.4, 0.5) is 10.5 Å². The number of urea groups is 1. The highest BCUT2D eigenvalue weighted by molar-refractivity contribution is 5.95. The minimum absolute atomic E-state index is 0.0454. The van der Waals surface area contributed by atoms with Crippen LogP contribution >= 0.6 is 0 Å². The Morgan fingerprint density at radius 1 is 1.20 bits per heavy atom. The van der Waals surface area contributed by atoms with Gasteiger partial charge in [-0.15, -0.1) is 0 Å². The highest BCUT2D eigenvalue weighted by Gasteiger charge is 2.24. The quantitative estimate of drug-likeness (QED) is 0.895.